The van der Waals surface area contributed by atoms with Crippen molar-refractivity contribution < 1.29 is 29.7 Å². The standard InChI is InChI=1S/C6H9N3O2.2C3H7NO2/c7-5(6(10)11)1-4-2-8-3-9-4;2*1-2(4)3(5)6/h2-3,5H,1,7H2,(H,8,9)(H,10,11);2*2H,4H2,1H3,(H,5,6)/t5-;2*2-/m000/s1. The number of aromatic amines is 1. The molecule has 1 aromatic heterocycles. The van der Waals surface area contributed by atoms with Gasteiger partial charge < -0.3 is 37.5 Å². The summed E-state index contributed by atoms with van der Waals surface area (Å²) in [6, 6.07) is -2.33. The number of nitrogens with one attached hydrogen (secondary N) is 1. The van der Waals surface area contributed by atoms with E-state index in [1.54, 1.807) is 6.20 Å². The Morgan fingerprint density at radius 2 is 1.43 bits per heavy atom. The number of aliphatic carboxylic acids is 3. The number of hydrogen-bond acceptors (Lipinski definition) is 7. The first-order chi connectivity index (χ1) is 10.5. The van der Waals surface area contributed by atoms with Gasteiger partial charge in [0.1, 0.15) is 18.1 Å². The minimum atomic E-state index is -1.01. The SMILES string of the molecule is C[C@H](N)C(=O)O.C[C@H](N)C(=O)O.N[C@@H](Cc1c[nH]cn1)C(=O)O. The number of H-pyrrole nitrogens is 1. The first-order valence-corrected chi connectivity index (χ1v) is 6.41. The molecule has 23 heavy (non-hydrogen) atoms. The van der Waals surface area contributed by atoms with E-state index in [0.717, 1.165) is 0 Å². The van der Waals surface area contributed by atoms with Crippen LogP contribution in [0.25, 0.3) is 0 Å². The molecular formula is C12H23N5O6. The smallest absolute Gasteiger partial charge is 0.320 e. The van der Waals surface area contributed by atoms with Gasteiger partial charge in [0.25, 0.3) is 0 Å². The largest absolute Gasteiger partial charge is 0.480 e. The lowest BCUT2D eigenvalue weighted by Crippen LogP contribution is -2.32. The predicted octanol–water partition coefficient (Wildman–Crippen LogP) is -1.80. The molecule has 11 heteroatoms. The highest BCUT2D eigenvalue weighted by molar-refractivity contribution is 5.73. The molecule has 1 heterocycles. The van der Waals surface area contributed by atoms with Crippen LogP contribution in [0.15, 0.2) is 12.5 Å². The Bertz CT molecular complexity index is 456. The maximum atomic E-state index is 10.3. The van der Waals surface area contributed by atoms with Crippen LogP contribution in [-0.4, -0.2) is 61.3 Å². The average Bonchev–Trinajstić information content (AvgIpc) is 2.92. The fourth-order valence-electron chi connectivity index (χ4n) is 0.715. The van der Waals surface area contributed by atoms with Gasteiger partial charge >= 0.3 is 17.9 Å². The van der Waals surface area contributed by atoms with E-state index in [1.807, 2.05) is 0 Å². The third-order valence-electron chi connectivity index (χ3n) is 2.08. The van der Waals surface area contributed by atoms with Crippen LogP contribution < -0.4 is 17.2 Å². The number of hydrogen-bond donors (Lipinski definition) is 7. The van der Waals surface area contributed by atoms with E-state index in [2.05, 4.69) is 9.97 Å². The van der Waals surface area contributed by atoms with Crippen LogP contribution in [0.2, 0.25) is 0 Å². The number of nitrogens with two attached hydrogens (primary N) is 3. The Morgan fingerprint density at radius 3 is 1.65 bits per heavy atom. The van der Waals surface area contributed by atoms with Crippen LogP contribution in [0, 0.1) is 0 Å². The summed E-state index contributed by atoms with van der Waals surface area (Å²) in [6.45, 7) is 2.84. The number of carbonyl (C=O) groups is 3. The molecule has 0 aliphatic carbocycles. The first-order valence-electron chi connectivity index (χ1n) is 6.41. The van der Waals surface area contributed by atoms with Gasteiger partial charge in [-0.25, -0.2) is 4.98 Å². The maximum Gasteiger partial charge on any atom is 0.320 e. The molecule has 0 aliphatic rings. The summed E-state index contributed by atoms with van der Waals surface area (Å²) in [5.41, 5.74) is 15.6. The molecule has 11 nitrogen and oxygen atoms in total. The van der Waals surface area contributed by atoms with Crippen molar-refractivity contribution in [3.05, 3.63) is 18.2 Å². The third-order valence-corrected chi connectivity index (χ3v) is 2.08. The van der Waals surface area contributed by atoms with Gasteiger partial charge in [0, 0.05) is 12.6 Å². The molecule has 0 aromatic carbocycles. The highest BCUT2D eigenvalue weighted by Crippen LogP contribution is 1.95. The molecule has 0 fully saturated rings. The van der Waals surface area contributed by atoms with Crippen LogP contribution in [-0.2, 0) is 20.8 Å². The first kappa shape index (κ1) is 22.8. The number of aromatic nitrogens is 2. The van der Waals surface area contributed by atoms with Gasteiger partial charge in [-0.2, -0.15) is 0 Å². The van der Waals surface area contributed by atoms with E-state index in [9.17, 15) is 14.4 Å². The van der Waals surface area contributed by atoms with Crippen molar-refractivity contribution in [1.29, 1.82) is 0 Å². The fraction of sp³-hybridized carbons (Fsp3) is 0.500. The molecule has 0 unspecified atom stereocenters. The second-order valence-electron chi connectivity index (χ2n) is 4.46. The van der Waals surface area contributed by atoms with E-state index in [4.69, 9.17) is 32.5 Å². The van der Waals surface area contributed by atoms with Crippen molar-refractivity contribution in [2.24, 2.45) is 17.2 Å². The monoisotopic (exact) mass is 333 g/mol. The zero-order valence-corrected chi connectivity index (χ0v) is 12.8. The Hall–Kier alpha value is -2.50. The molecule has 0 radical (unpaired) electrons. The van der Waals surface area contributed by atoms with E-state index < -0.39 is 36.0 Å². The van der Waals surface area contributed by atoms with Crippen LogP contribution in [0.3, 0.4) is 0 Å². The summed E-state index contributed by atoms with van der Waals surface area (Å²) in [5.74, 6) is -2.93. The molecule has 0 aliphatic heterocycles. The van der Waals surface area contributed by atoms with Gasteiger partial charge in [-0.1, -0.05) is 0 Å². The molecule has 0 amide bonds. The van der Waals surface area contributed by atoms with Gasteiger partial charge in [-0.05, 0) is 13.8 Å². The summed E-state index contributed by atoms with van der Waals surface area (Å²) < 4.78 is 0. The molecule has 1 aromatic rings. The lowest BCUT2D eigenvalue weighted by Gasteiger charge is -2.01. The molecule has 0 saturated heterocycles. The van der Waals surface area contributed by atoms with Gasteiger partial charge in [0.15, 0.2) is 0 Å². The Labute approximate surface area is 132 Å². The number of rotatable bonds is 5. The minimum Gasteiger partial charge on any atom is -0.480 e. The molecule has 0 saturated carbocycles. The summed E-state index contributed by atoms with van der Waals surface area (Å²) in [4.78, 5) is 36.0. The number of carboxylic acids is 3. The predicted molar refractivity (Wildman–Crippen MR) is 80.5 cm³/mol. The van der Waals surface area contributed by atoms with Crippen molar-refractivity contribution in [1.82, 2.24) is 9.97 Å². The summed E-state index contributed by atoms with van der Waals surface area (Å²) in [6.07, 6.45) is 3.38. The molecule has 132 valence electrons. The topological polar surface area (TPSA) is 219 Å². The quantitative estimate of drug-likeness (QED) is 0.320. The molecule has 10 N–H and O–H groups in total. The summed E-state index contributed by atoms with van der Waals surface area (Å²) in [7, 11) is 0. The minimum absolute atomic E-state index is 0.263. The lowest BCUT2D eigenvalue weighted by atomic mass is 10.2. The van der Waals surface area contributed by atoms with Crippen LogP contribution in [0.1, 0.15) is 19.5 Å². The summed E-state index contributed by atoms with van der Waals surface area (Å²) >= 11 is 0. The number of carboxylic acid groups (broad SMARTS) is 3. The maximum absolute atomic E-state index is 10.3. The summed E-state index contributed by atoms with van der Waals surface area (Å²) in [5, 5.41) is 24.1. The van der Waals surface area contributed by atoms with Gasteiger partial charge in [0.2, 0.25) is 0 Å². The van der Waals surface area contributed by atoms with Crippen molar-refractivity contribution >= 4 is 17.9 Å². The number of imidazole rings is 1. The molecule has 1 rings (SSSR count). The van der Waals surface area contributed by atoms with Gasteiger partial charge in [-0.15, -0.1) is 0 Å². The van der Waals surface area contributed by atoms with E-state index in [1.165, 1.54) is 20.2 Å². The molecule has 0 bridgehead atoms. The third kappa shape index (κ3) is 14.2. The Balaban J connectivity index is 0. The van der Waals surface area contributed by atoms with E-state index in [0.29, 0.717) is 5.69 Å². The highest BCUT2D eigenvalue weighted by atomic mass is 16.4. The second-order valence-corrected chi connectivity index (χ2v) is 4.46. The van der Waals surface area contributed by atoms with Crippen LogP contribution in [0.5, 0.6) is 0 Å². The van der Waals surface area contributed by atoms with Crippen molar-refractivity contribution in [2.45, 2.75) is 38.4 Å². The molecular weight excluding hydrogens is 310 g/mol. The highest BCUT2D eigenvalue weighted by Gasteiger charge is 2.12. The Kier molecular flexibility index (Phi) is 12.0. The molecule has 3 atom stereocenters. The lowest BCUT2D eigenvalue weighted by molar-refractivity contribution is -0.139. The second kappa shape index (κ2) is 12.1. The number of nitrogens with zero attached hydrogens (tertiary/aromatic N) is 1. The fourth-order valence-corrected chi connectivity index (χ4v) is 0.715. The zero-order valence-electron chi connectivity index (χ0n) is 12.8. The van der Waals surface area contributed by atoms with E-state index in [-0.39, 0.29) is 6.42 Å². The van der Waals surface area contributed by atoms with Crippen molar-refractivity contribution in [3.8, 4) is 0 Å². The average molecular weight is 333 g/mol. The van der Waals surface area contributed by atoms with Gasteiger partial charge in [-0.3, -0.25) is 14.4 Å². The van der Waals surface area contributed by atoms with Crippen LogP contribution >= 0.6 is 0 Å². The zero-order chi connectivity index (χ0) is 18.6. The van der Waals surface area contributed by atoms with Crippen molar-refractivity contribution in [2.75, 3.05) is 0 Å². The normalized spacial score (nSPS) is 13.3. The van der Waals surface area contributed by atoms with Crippen LogP contribution in [0.4, 0.5) is 0 Å². The van der Waals surface area contributed by atoms with E-state index >= 15 is 0 Å². The van der Waals surface area contributed by atoms with Gasteiger partial charge in [0.05, 0.1) is 12.0 Å². The molecule has 0 spiro atoms. The Morgan fingerprint density at radius 1 is 1.04 bits per heavy atom. The van der Waals surface area contributed by atoms with Crippen molar-refractivity contribution in [3.63, 3.8) is 0 Å².